The third kappa shape index (κ3) is 6.08. The van der Waals surface area contributed by atoms with E-state index in [-0.39, 0.29) is 48.4 Å². The molecule has 1 fully saturated rings. The summed E-state index contributed by atoms with van der Waals surface area (Å²) in [5.74, 6) is -0.245. The molecule has 1 aromatic heterocycles. The number of aromatic nitrogens is 2. The largest absolute Gasteiger partial charge is 0.368 e. The van der Waals surface area contributed by atoms with Gasteiger partial charge in [-0.3, -0.25) is 24.4 Å². The predicted molar refractivity (Wildman–Crippen MR) is 138 cm³/mol. The maximum atomic E-state index is 13.2. The topological polar surface area (TPSA) is 138 Å². The van der Waals surface area contributed by atoms with Gasteiger partial charge in [0.1, 0.15) is 6.54 Å². The highest BCUT2D eigenvalue weighted by molar-refractivity contribution is 5.76. The number of benzene rings is 2. The maximum Gasteiger partial charge on any atom is 0.293 e. The van der Waals surface area contributed by atoms with Gasteiger partial charge < -0.3 is 16.4 Å². The van der Waals surface area contributed by atoms with E-state index in [2.05, 4.69) is 39.9 Å². The first kappa shape index (κ1) is 24.9. The molecule has 1 amide bonds. The van der Waals surface area contributed by atoms with Crippen LogP contribution in [0.4, 0.5) is 5.82 Å². The molecule has 1 unspecified atom stereocenters. The van der Waals surface area contributed by atoms with Gasteiger partial charge in [-0.05, 0) is 24.5 Å². The fourth-order valence-electron chi connectivity index (χ4n) is 4.21. The molecule has 1 aliphatic heterocycles. The van der Waals surface area contributed by atoms with Crippen LogP contribution in [0.15, 0.2) is 71.7 Å². The summed E-state index contributed by atoms with van der Waals surface area (Å²) in [4.78, 5) is 35.6. The van der Waals surface area contributed by atoms with Gasteiger partial charge in [0.05, 0.1) is 19.2 Å². The first-order chi connectivity index (χ1) is 17.4. The van der Waals surface area contributed by atoms with E-state index >= 15 is 0 Å². The summed E-state index contributed by atoms with van der Waals surface area (Å²) in [5, 5.41) is 14.8. The lowest BCUT2D eigenvalue weighted by Crippen LogP contribution is -2.50. The minimum Gasteiger partial charge on any atom is -0.368 e. The zero-order chi connectivity index (χ0) is 25.5. The van der Waals surface area contributed by atoms with Crippen LogP contribution in [0.2, 0.25) is 0 Å². The highest BCUT2D eigenvalue weighted by atomic mass is 16.7. The molecule has 1 aliphatic rings. The zero-order valence-electron chi connectivity index (χ0n) is 20.2. The van der Waals surface area contributed by atoms with Gasteiger partial charge in [0.15, 0.2) is 5.82 Å². The van der Waals surface area contributed by atoms with Crippen molar-refractivity contribution in [3.05, 3.63) is 94.0 Å². The van der Waals surface area contributed by atoms with Gasteiger partial charge in [-0.1, -0.05) is 60.7 Å². The molecule has 4 rings (SSSR count). The van der Waals surface area contributed by atoms with E-state index in [9.17, 15) is 9.59 Å². The molecule has 3 aromatic rings. The molecule has 1 saturated heterocycles. The zero-order valence-corrected chi connectivity index (χ0v) is 20.2. The van der Waals surface area contributed by atoms with Crippen LogP contribution in [0, 0.1) is 12.3 Å². The van der Waals surface area contributed by atoms with Gasteiger partial charge in [0.25, 0.3) is 5.56 Å². The summed E-state index contributed by atoms with van der Waals surface area (Å²) < 4.78 is 1.41. The van der Waals surface area contributed by atoms with Crippen LogP contribution in [0.25, 0.3) is 0 Å². The van der Waals surface area contributed by atoms with Crippen molar-refractivity contribution in [3.63, 3.8) is 0 Å². The number of carbonyl (C=O) groups excluding carboxylic acids is 1. The third-order valence-electron chi connectivity index (χ3n) is 6.18. The Bertz CT molecular complexity index is 1200. The number of rotatable bonds is 8. The first-order valence-electron chi connectivity index (χ1n) is 11.9. The Balaban J connectivity index is 1.44. The van der Waals surface area contributed by atoms with Crippen LogP contribution in [0.5, 0.6) is 0 Å². The van der Waals surface area contributed by atoms with Crippen molar-refractivity contribution in [1.29, 1.82) is 5.41 Å². The number of aryl methyl sites for hydroxylation is 1. The van der Waals surface area contributed by atoms with Gasteiger partial charge in [0.2, 0.25) is 11.9 Å². The van der Waals surface area contributed by atoms with E-state index in [0.717, 1.165) is 11.1 Å². The second-order valence-corrected chi connectivity index (χ2v) is 8.73. The maximum absolute atomic E-state index is 13.2. The van der Waals surface area contributed by atoms with Crippen molar-refractivity contribution >= 4 is 17.7 Å². The third-order valence-corrected chi connectivity index (χ3v) is 6.18. The highest BCUT2D eigenvalue weighted by Gasteiger charge is 2.23. The molecule has 5 N–H and O–H groups in total. The first-order valence-corrected chi connectivity index (χ1v) is 11.9. The Labute approximate surface area is 209 Å². The number of nitrogens with one attached hydrogen (secondary N) is 3. The SMILES string of the molecule is Cc1cnc(NCC(c2ccccc2)c2ccccc2)c(=O)n1CC(=O)NC1CCN(C(=N)N)OC1. The molecule has 0 radical (unpaired) electrons. The fraction of sp³-hybridized carbons (Fsp3) is 0.308. The molecule has 1 atom stereocenters. The Hall–Kier alpha value is -4.18. The summed E-state index contributed by atoms with van der Waals surface area (Å²) in [6, 6.07) is 20.0. The van der Waals surface area contributed by atoms with Crippen LogP contribution < -0.4 is 21.9 Å². The molecule has 10 nitrogen and oxygen atoms in total. The van der Waals surface area contributed by atoms with Crippen LogP contribution >= 0.6 is 0 Å². The molecule has 2 heterocycles. The van der Waals surface area contributed by atoms with Crippen molar-refractivity contribution < 1.29 is 9.63 Å². The number of amides is 1. The molecule has 10 heteroatoms. The average Bonchev–Trinajstić information content (AvgIpc) is 2.89. The van der Waals surface area contributed by atoms with Crippen molar-refractivity contribution in [2.75, 3.05) is 25.0 Å². The summed E-state index contributed by atoms with van der Waals surface area (Å²) in [6.07, 6.45) is 2.17. The molecule has 36 heavy (non-hydrogen) atoms. The lowest BCUT2D eigenvalue weighted by molar-refractivity contribution is -0.143. The van der Waals surface area contributed by atoms with Gasteiger partial charge in [-0.2, -0.15) is 0 Å². The van der Waals surface area contributed by atoms with Crippen LogP contribution in [0.3, 0.4) is 0 Å². The van der Waals surface area contributed by atoms with Gasteiger partial charge >= 0.3 is 0 Å². The van der Waals surface area contributed by atoms with E-state index in [4.69, 9.17) is 16.0 Å². The summed E-state index contributed by atoms with van der Waals surface area (Å²) >= 11 is 0. The smallest absolute Gasteiger partial charge is 0.293 e. The minimum atomic E-state index is -0.354. The molecule has 0 spiro atoms. The highest BCUT2D eigenvalue weighted by Crippen LogP contribution is 2.24. The van der Waals surface area contributed by atoms with E-state index in [1.165, 1.54) is 9.63 Å². The number of nitrogens with two attached hydrogens (primary N) is 1. The fourth-order valence-corrected chi connectivity index (χ4v) is 4.21. The average molecular weight is 490 g/mol. The Morgan fingerprint density at radius 3 is 2.36 bits per heavy atom. The number of carbonyl (C=O) groups is 1. The Kier molecular flexibility index (Phi) is 7.96. The monoisotopic (exact) mass is 489 g/mol. The molecule has 2 aromatic carbocycles. The lowest BCUT2D eigenvalue weighted by atomic mass is 9.91. The van der Waals surface area contributed by atoms with E-state index < -0.39 is 0 Å². The van der Waals surface area contributed by atoms with Crippen molar-refractivity contribution in [3.8, 4) is 0 Å². The Morgan fingerprint density at radius 2 is 1.81 bits per heavy atom. The van der Waals surface area contributed by atoms with Crippen LogP contribution in [-0.4, -0.2) is 52.2 Å². The second-order valence-electron chi connectivity index (χ2n) is 8.73. The number of nitrogens with zero attached hydrogens (tertiary/aromatic N) is 3. The van der Waals surface area contributed by atoms with E-state index in [1.807, 2.05) is 36.4 Å². The summed E-state index contributed by atoms with van der Waals surface area (Å²) in [6.45, 7) is 2.71. The van der Waals surface area contributed by atoms with Gasteiger partial charge in [-0.25, -0.2) is 10.0 Å². The number of hydroxylamine groups is 2. The summed E-state index contributed by atoms with van der Waals surface area (Å²) in [7, 11) is 0. The van der Waals surface area contributed by atoms with Gasteiger partial charge in [0, 0.05) is 24.4 Å². The minimum absolute atomic E-state index is 0.0209. The number of hydrogen-bond donors (Lipinski definition) is 4. The normalized spacial score (nSPS) is 15.5. The quantitative estimate of drug-likeness (QED) is 0.280. The molecule has 0 saturated carbocycles. The molecule has 0 bridgehead atoms. The predicted octanol–water partition coefficient (Wildman–Crippen LogP) is 1.81. The second kappa shape index (κ2) is 11.5. The van der Waals surface area contributed by atoms with Crippen molar-refractivity contribution in [1.82, 2.24) is 19.9 Å². The Morgan fingerprint density at radius 1 is 1.17 bits per heavy atom. The van der Waals surface area contributed by atoms with E-state index in [1.54, 1.807) is 13.1 Å². The lowest BCUT2D eigenvalue weighted by Gasteiger charge is -2.31. The van der Waals surface area contributed by atoms with Gasteiger partial charge in [-0.15, -0.1) is 0 Å². The van der Waals surface area contributed by atoms with E-state index in [0.29, 0.717) is 25.2 Å². The molecule has 188 valence electrons. The van der Waals surface area contributed by atoms with Crippen LogP contribution in [-0.2, 0) is 16.2 Å². The van der Waals surface area contributed by atoms with Crippen molar-refractivity contribution in [2.45, 2.75) is 31.8 Å². The molecular formula is C26H31N7O3. The van der Waals surface area contributed by atoms with Crippen molar-refractivity contribution in [2.24, 2.45) is 5.73 Å². The number of anilines is 1. The molecular weight excluding hydrogens is 458 g/mol. The number of guanidine groups is 1. The number of hydrogen-bond acceptors (Lipinski definition) is 6. The summed E-state index contributed by atoms with van der Waals surface area (Å²) in [5.41, 5.74) is 7.91. The van der Waals surface area contributed by atoms with Crippen LogP contribution in [0.1, 0.15) is 29.2 Å². The standard InChI is InChI=1S/C26H31N7O3/c1-18-14-29-24(30-15-22(19-8-4-2-5-9-19)20-10-6-3-7-11-20)25(35)32(18)16-23(34)31-21-12-13-33(26(27)28)36-17-21/h2-11,14,21-22H,12-13,15-17H2,1H3,(H3,27,28)(H,29,30)(H,31,34). The molecule has 0 aliphatic carbocycles.